The highest BCUT2D eigenvalue weighted by atomic mass is 16.2. The number of anilines is 1. The second-order valence-corrected chi connectivity index (χ2v) is 9.21. The normalized spacial score (nSPS) is 13.9. The maximum atomic E-state index is 13.9. The molecule has 4 heteroatoms. The zero-order valence-corrected chi connectivity index (χ0v) is 20.6. The van der Waals surface area contributed by atoms with Crippen molar-refractivity contribution in [3.05, 3.63) is 106 Å². The summed E-state index contributed by atoms with van der Waals surface area (Å²) in [4.78, 5) is 31.0. The van der Waals surface area contributed by atoms with Crippen molar-refractivity contribution in [2.45, 2.75) is 47.1 Å². The molecular formula is C30H32N2O2. The van der Waals surface area contributed by atoms with Gasteiger partial charge in [-0.1, -0.05) is 74.5 Å². The molecule has 174 valence electrons. The van der Waals surface area contributed by atoms with Crippen LogP contribution in [0.3, 0.4) is 0 Å². The lowest BCUT2D eigenvalue weighted by Crippen LogP contribution is -2.35. The summed E-state index contributed by atoms with van der Waals surface area (Å²) in [5.74, 6) is -0.166. The van der Waals surface area contributed by atoms with Gasteiger partial charge in [0.15, 0.2) is 0 Å². The first-order valence-corrected chi connectivity index (χ1v) is 11.9. The maximum absolute atomic E-state index is 13.9. The summed E-state index contributed by atoms with van der Waals surface area (Å²) in [6.45, 7) is 11.5. The van der Waals surface area contributed by atoms with Crippen LogP contribution >= 0.6 is 0 Å². The van der Waals surface area contributed by atoms with E-state index in [-0.39, 0.29) is 11.8 Å². The number of hydrogen-bond donors (Lipinski definition) is 0. The molecule has 0 N–H and O–H groups in total. The predicted octanol–water partition coefficient (Wildman–Crippen LogP) is 6.23. The van der Waals surface area contributed by atoms with E-state index < -0.39 is 0 Å². The molecule has 0 bridgehead atoms. The Labute approximate surface area is 202 Å². The fraction of sp³-hybridized carbons (Fsp3) is 0.267. The van der Waals surface area contributed by atoms with Gasteiger partial charge in [0.1, 0.15) is 5.70 Å². The number of benzene rings is 3. The van der Waals surface area contributed by atoms with Crippen LogP contribution in [0.15, 0.2) is 78.5 Å². The average molecular weight is 453 g/mol. The van der Waals surface area contributed by atoms with E-state index in [9.17, 15) is 9.59 Å². The minimum atomic E-state index is -0.271. The first-order chi connectivity index (χ1) is 16.3. The summed E-state index contributed by atoms with van der Waals surface area (Å²) in [6.07, 6.45) is 0. The highest BCUT2D eigenvalue weighted by Gasteiger charge is 2.42. The summed E-state index contributed by atoms with van der Waals surface area (Å²) in [6, 6.07) is 23.8. The summed E-state index contributed by atoms with van der Waals surface area (Å²) in [7, 11) is 0. The Hall–Kier alpha value is -3.66. The molecule has 1 aliphatic rings. The third-order valence-electron chi connectivity index (χ3n) is 6.59. The van der Waals surface area contributed by atoms with Crippen molar-refractivity contribution in [1.82, 2.24) is 4.90 Å². The number of nitrogens with zero attached hydrogens (tertiary/aromatic N) is 2. The minimum absolute atomic E-state index is 0.270. The molecule has 34 heavy (non-hydrogen) atoms. The van der Waals surface area contributed by atoms with E-state index in [1.165, 1.54) is 10.5 Å². The van der Waals surface area contributed by atoms with Gasteiger partial charge in [0.25, 0.3) is 11.8 Å². The quantitative estimate of drug-likeness (QED) is 0.399. The maximum Gasteiger partial charge on any atom is 0.282 e. The number of hydrogen-bond acceptors (Lipinski definition) is 3. The summed E-state index contributed by atoms with van der Waals surface area (Å²) < 4.78 is 0. The molecule has 0 unspecified atom stereocenters. The van der Waals surface area contributed by atoms with Crippen LogP contribution in [0.2, 0.25) is 0 Å². The molecule has 0 fully saturated rings. The van der Waals surface area contributed by atoms with Gasteiger partial charge in [-0.3, -0.25) is 9.59 Å². The summed E-state index contributed by atoms with van der Waals surface area (Å²) in [5, 5.41) is 0. The van der Waals surface area contributed by atoms with Crippen molar-refractivity contribution in [2.24, 2.45) is 0 Å². The van der Waals surface area contributed by atoms with E-state index >= 15 is 0 Å². The molecule has 4 nitrogen and oxygen atoms in total. The van der Waals surface area contributed by atoms with Crippen LogP contribution < -0.4 is 4.90 Å². The SMILES string of the molecule is CCN(Cc1ccccc1)C1=C(c2ccc(C)c(C)c2)C(=O)N(c2ccc(C(C)C)cc2)C1=O. The number of aryl methyl sites for hydroxylation is 2. The van der Waals surface area contributed by atoms with E-state index in [4.69, 9.17) is 0 Å². The molecule has 0 atom stereocenters. The van der Waals surface area contributed by atoms with E-state index in [0.29, 0.717) is 36.0 Å². The number of carbonyl (C=O) groups excluding carboxylic acids is 2. The fourth-order valence-corrected chi connectivity index (χ4v) is 4.36. The van der Waals surface area contributed by atoms with Gasteiger partial charge in [-0.05, 0) is 66.6 Å². The molecule has 0 saturated heterocycles. The van der Waals surface area contributed by atoms with Crippen molar-refractivity contribution in [3.8, 4) is 0 Å². The highest BCUT2D eigenvalue weighted by Crippen LogP contribution is 2.36. The number of carbonyl (C=O) groups is 2. The molecule has 3 aromatic rings. The standard InChI is InChI=1S/C30H32N2O2/c1-6-31(19-23-10-8-7-9-11-23)28-27(25-13-12-21(4)22(5)18-25)29(33)32(30(28)34)26-16-14-24(15-17-26)20(2)3/h7-18,20H,6,19H2,1-5H3. The van der Waals surface area contributed by atoms with Crippen LogP contribution in [0.1, 0.15) is 54.5 Å². The van der Waals surface area contributed by atoms with Gasteiger partial charge in [0.2, 0.25) is 0 Å². The average Bonchev–Trinajstić information content (AvgIpc) is 3.09. The van der Waals surface area contributed by atoms with Crippen molar-refractivity contribution < 1.29 is 9.59 Å². The number of imide groups is 1. The van der Waals surface area contributed by atoms with E-state index in [1.54, 1.807) is 0 Å². The Bertz CT molecular complexity index is 1240. The Morgan fingerprint density at radius 1 is 0.824 bits per heavy atom. The topological polar surface area (TPSA) is 40.6 Å². The zero-order chi connectivity index (χ0) is 24.4. The number of amides is 2. The predicted molar refractivity (Wildman–Crippen MR) is 138 cm³/mol. The largest absolute Gasteiger partial charge is 0.362 e. The van der Waals surface area contributed by atoms with E-state index in [2.05, 4.69) is 13.8 Å². The van der Waals surface area contributed by atoms with Crippen molar-refractivity contribution in [1.29, 1.82) is 0 Å². The van der Waals surface area contributed by atoms with E-state index in [1.807, 2.05) is 98.5 Å². The Balaban J connectivity index is 1.82. The van der Waals surface area contributed by atoms with Crippen LogP contribution in [0.5, 0.6) is 0 Å². The second kappa shape index (κ2) is 9.68. The molecule has 3 aromatic carbocycles. The number of likely N-dealkylation sites (N-methyl/N-ethyl adjacent to an activating group) is 1. The Kier molecular flexibility index (Phi) is 6.69. The first kappa shape index (κ1) is 23.5. The molecule has 0 radical (unpaired) electrons. The first-order valence-electron chi connectivity index (χ1n) is 11.9. The van der Waals surface area contributed by atoms with Crippen molar-refractivity contribution in [3.63, 3.8) is 0 Å². The van der Waals surface area contributed by atoms with Gasteiger partial charge in [0.05, 0.1) is 11.3 Å². The lowest BCUT2D eigenvalue weighted by atomic mass is 9.99. The van der Waals surface area contributed by atoms with Crippen LogP contribution in [0.25, 0.3) is 5.57 Å². The molecular weight excluding hydrogens is 420 g/mol. The lowest BCUT2D eigenvalue weighted by Gasteiger charge is -2.25. The van der Waals surface area contributed by atoms with Crippen molar-refractivity contribution in [2.75, 3.05) is 11.4 Å². The monoisotopic (exact) mass is 452 g/mol. The van der Waals surface area contributed by atoms with Gasteiger partial charge < -0.3 is 4.90 Å². The van der Waals surface area contributed by atoms with Crippen LogP contribution in [-0.4, -0.2) is 23.3 Å². The highest BCUT2D eigenvalue weighted by molar-refractivity contribution is 6.45. The fourth-order valence-electron chi connectivity index (χ4n) is 4.36. The van der Waals surface area contributed by atoms with Gasteiger partial charge >= 0.3 is 0 Å². The lowest BCUT2D eigenvalue weighted by molar-refractivity contribution is -0.120. The zero-order valence-electron chi connectivity index (χ0n) is 20.6. The van der Waals surface area contributed by atoms with Gasteiger partial charge in [-0.15, -0.1) is 0 Å². The number of rotatable bonds is 7. The van der Waals surface area contributed by atoms with Gasteiger partial charge in [-0.2, -0.15) is 0 Å². The minimum Gasteiger partial charge on any atom is -0.362 e. The Morgan fingerprint density at radius 2 is 1.50 bits per heavy atom. The Morgan fingerprint density at radius 3 is 2.09 bits per heavy atom. The third-order valence-corrected chi connectivity index (χ3v) is 6.59. The summed E-state index contributed by atoms with van der Waals surface area (Å²) in [5.41, 5.74) is 6.83. The van der Waals surface area contributed by atoms with E-state index in [0.717, 1.165) is 22.3 Å². The van der Waals surface area contributed by atoms with Crippen LogP contribution in [0, 0.1) is 13.8 Å². The van der Waals surface area contributed by atoms with Crippen LogP contribution in [0.4, 0.5) is 5.69 Å². The van der Waals surface area contributed by atoms with Crippen molar-refractivity contribution >= 4 is 23.1 Å². The van der Waals surface area contributed by atoms with Crippen LogP contribution in [-0.2, 0) is 16.1 Å². The molecule has 4 rings (SSSR count). The second-order valence-electron chi connectivity index (χ2n) is 9.21. The molecule has 0 aliphatic carbocycles. The molecule has 1 aliphatic heterocycles. The summed E-state index contributed by atoms with van der Waals surface area (Å²) >= 11 is 0. The van der Waals surface area contributed by atoms with Gasteiger partial charge in [-0.25, -0.2) is 4.90 Å². The smallest absolute Gasteiger partial charge is 0.282 e. The molecule has 0 spiro atoms. The third kappa shape index (κ3) is 4.41. The molecule has 1 heterocycles. The molecule has 0 aromatic heterocycles. The van der Waals surface area contributed by atoms with Gasteiger partial charge in [0, 0.05) is 13.1 Å². The molecule has 2 amide bonds. The molecule has 0 saturated carbocycles.